The molecule has 1 N–H and O–H groups in total. The molecule has 3 rings (SSSR count). The summed E-state index contributed by atoms with van der Waals surface area (Å²) in [6, 6.07) is 14.4. The lowest BCUT2D eigenvalue weighted by atomic mass is 9.92. The van der Waals surface area contributed by atoms with E-state index in [9.17, 15) is 9.59 Å². The van der Waals surface area contributed by atoms with Crippen LogP contribution < -0.4 is 5.32 Å². The number of halogens is 2. The van der Waals surface area contributed by atoms with Crippen LogP contribution in [-0.4, -0.2) is 39.6 Å². The van der Waals surface area contributed by atoms with Gasteiger partial charge in [-0.2, -0.15) is 5.10 Å². The number of likely N-dealkylation sites (N-methyl/N-ethyl adjacent to an activating group) is 1. The van der Waals surface area contributed by atoms with E-state index in [1.54, 1.807) is 16.8 Å². The van der Waals surface area contributed by atoms with Crippen molar-refractivity contribution in [1.82, 2.24) is 14.7 Å². The third kappa shape index (κ3) is 5.95. The van der Waals surface area contributed by atoms with Gasteiger partial charge in [-0.1, -0.05) is 61.7 Å². The second-order valence-corrected chi connectivity index (χ2v) is 9.75. The van der Waals surface area contributed by atoms with E-state index in [-0.39, 0.29) is 28.8 Å². The van der Waals surface area contributed by atoms with Crippen molar-refractivity contribution in [2.24, 2.45) is 0 Å². The fourth-order valence-electron chi connectivity index (χ4n) is 3.24. The van der Waals surface area contributed by atoms with Crippen molar-refractivity contribution in [3.63, 3.8) is 0 Å². The molecule has 0 fully saturated rings. The molecule has 0 saturated heterocycles. The third-order valence-electron chi connectivity index (χ3n) is 5.19. The summed E-state index contributed by atoms with van der Waals surface area (Å²) in [6.45, 7) is 10.2. The van der Waals surface area contributed by atoms with Gasteiger partial charge in [0.25, 0.3) is 5.91 Å². The van der Waals surface area contributed by atoms with E-state index in [0.717, 1.165) is 16.9 Å². The summed E-state index contributed by atoms with van der Waals surface area (Å²) in [5, 5.41) is 8.34. The van der Waals surface area contributed by atoms with Crippen LogP contribution in [-0.2, 0) is 10.2 Å². The van der Waals surface area contributed by atoms with E-state index in [1.165, 1.54) is 11.0 Å². The molecule has 3 aromatic rings. The normalized spacial score (nSPS) is 11.4. The number of carbonyl (C=O) groups is 2. The zero-order valence-electron chi connectivity index (χ0n) is 19.4. The minimum absolute atomic E-state index is 0.127. The molecule has 0 bridgehead atoms. The predicted molar refractivity (Wildman–Crippen MR) is 134 cm³/mol. The summed E-state index contributed by atoms with van der Waals surface area (Å²) >= 11 is 12.1. The average molecular weight is 487 g/mol. The maximum atomic E-state index is 13.0. The molecular formula is C25H28Cl2N4O2. The summed E-state index contributed by atoms with van der Waals surface area (Å²) in [7, 11) is 0. The summed E-state index contributed by atoms with van der Waals surface area (Å²) in [6.07, 6.45) is 0. The molecular weight excluding hydrogens is 459 g/mol. The van der Waals surface area contributed by atoms with E-state index in [2.05, 4.69) is 26.1 Å². The Bertz CT molecular complexity index is 1160. The Kier molecular flexibility index (Phi) is 7.50. The first-order chi connectivity index (χ1) is 15.5. The molecule has 33 heavy (non-hydrogen) atoms. The molecule has 6 nitrogen and oxygen atoms in total. The lowest BCUT2D eigenvalue weighted by Gasteiger charge is -2.21. The molecule has 8 heteroatoms. The molecule has 0 aliphatic rings. The van der Waals surface area contributed by atoms with Crippen molar-refractivity contribution in [2.45, 2.75) is 40.0 Å². The molecule has 1 aromatic heterocycles. The van der Waals surface area contributed by atoms with Gasteiger partial charge < -0.3 is 10.2 Å². The Morgan fingerprint density at radius 1 is 1.06 bits per heavy atom. The first kappa shape index (κ1) is 24.8. The number of rotatable bonds is 6. The van der Waals surface area contributed by atoms with Gasteiger partial charge in [-0.05, 0) is 44.2 Å². The first-order valence-electron chi connectivity index (χ1n) is 10.7. The number of aromatic nitrogens is 2. The van der Waals surface area contributed by atoms with Crippen LogP contribution in [0.15, 0.2) is 48.5 Å². The highest BCUT2D eigenvalue weighted by Gasteiger charge is 2.24. The fraction of sp³-hybridized carbons (Fsp3) is 0.320. The molecule has 2 aromatic carbocycles. The number of hydrogen-bond acceptors (Lipinski definition) is 3. The molecule has 174 valence electrons. The van der Waals surface area contributed by atoms with Gasteiger partial charge in [-0.25, -0.2) is 4.68 Å². The quantitative estimate of drug-likeness (QED) is 0.472. The van der Waals surface area contributed by atoms with Gasteiger partial charge in [0.2, 0.25) is 5.91 Å². The van der Waals surface area contributed by atoms with Gasteiger partial charge in [0.15, 0.2) is 0 Å². The molecule has 0 unspecified atom stereocenters. The van der Waals surface area contributed by atoms with Crippen LogP contribution in [0.25, 0.3) is 5.69 Å². The average Bonchev–Trinajstić information content (AvgIpc) is 3.16. The van der Waals surface area contributed by atoms with Crippen LogP contribution in [0.4, 0.5) is 5.82 Å². The highest BCUT2D eigenvalue weighted by atomic mass is 35.5. The van der Waals surface area contributed by atoms with Gasteiger partial charge in [0, 0.05) is 23.0 Å². The molecule has 0 atom stereocenters. The maximum absolute atomic E-state index is 13.0. The Morgan fingerprint density at radius 3 is 2.30 bits per heavy atom. The van der Waals surface area contributed by atoms with Crippen molar-refractivity contribution in [3.05, 3.63) is 75.4 Å². The number of hydrogen-bond donors (Lipinski definition) is 1. The SMILES string of the molecule is CCN(CC(=O)Nc1cc(C(C)(C)C)nn1-c1ccc(C)cc1)C(=O)c1ccc(Cl)cc1Cl. The molecule has 1 heterocycles. The lowest BCUT2D eigenvalue weighted by molar-refractivity contribution is -0.116. The standard InChI is InChI=1S/C25H28Cl2N4O2/c1-6-30(24(33)19-12-9-17(26)13-20(19)27)15-23(32)28-22-14-21(25(3,4)5)29-31(22)18-10-7-16(2)8-11-18/h7-14H,6,15H2,1-5H3,(H,28,32). The third-order valence-corrected chi connectivity index (χ3v) is 5.74. The molecule has 0 aliphatic heterocycles. The molecule has 2 amide bonds. The Morgan fingerprint density at radius 2 is 1.73 bits per heavy atom. The topological polar surface area (TPSA) is 67.2 Å². The summed E-state index contributed by atoms with van der Waals surface area (Å²) in [5.74, 6) is -0.123. The second-order valence-electron chi connectivity index (χ2n) is 8.90. The monoisotopic (exact) mass is 486 g/mol. The number of nitrogens with zero attached hydrogens (tertiary/aromatic N) is 3. The summed E-state index contributed by atoms with van der Waals surface area (Å²) in [5.41, 5.74) is 2.91. The van der Waals surface area contributed by atoms with Crippen LogP contribution in [0.2, 0.25) is 10.0 Å². The van der Waals surface area contributed by atoms with E-state index >= 15 is 0 Å². The van der Waals surface area contributed by atoms with Crippen molar-refractivity contribution in [1.29, 1.82) is 0 Å². The van der Waals surface area contributed by atoms with E-state index in [0.29, 0.717) is 22.9 Å². The first-order valence-corrected chi connectivity index (χ1v) is 11.5. The molecule has 0 radical (unpaired) electrons. The van der Waals surface area contributed by atoms with Crippen molar-refractivity contribution in [2.75, 3.05) is 18.4 Å². The number of carbonyl (C=O) groups excluding carboxylic acids is 2. The Balaban J connectivity index is 1.84. The molecule has 0 spiro atoms. The van der Waals surface area contributed by atoms with Crippen molar-refractivity contribution in [3.8, 4) is 5.69 Å². The molecule has 0 aliphatic carbocycles. The maximum Gasteiger partial charge on any atom is 0.255 e. The van der Waals surface area contributed by atoms with Gasteiger partial charge in [-0.15, -0.1) is 0 Å². The highest BCUT2D eigenvalue weighted by molar-refractivity contribution is 6.36. The highest BCUT2D eigenvalue weighted by Crippen LogP contribution is 2.27. The number of aryl methyl sites for hydroxylation is 1. The van der Waals surface area contributed by atoms with Gasteiger partial charge in [-0.3, -0.25) is 9.59 Å². The summed E-state index contributed by atoms with van der Waals surface area (Å²) < 4.78 is 1.71. The number of amides is 2. The minimum atomic E-state index is -0.336. The zero-order chi connectivity index (χ0) is 24.3. The van der Waals surface area contributed by atoms with E-state index < -0.39 is 0 Å². The van der Waals surface area contributed by atoms with Gasteiger partial charge in [0.1, 0.15) is 12.4 Å². The molecule has 0 saturated carbocycles. The van der Waals surface area contributed by atoms with Crippen molar-refractivity contribution >= 4 is 40.8 Å². The van der Waals surface area contributed by atoms with Crippen LogP contribution in [0.5, 0.6) is 0 Å². The number of anilines is 1. The van der Waals surface area contributed by atoms with Crippen LogP contribution in [0.3, 0.4) is 0 Å². The number of nitrogens with one attached hydrogen (secondary N) is 1. The Labute approximate surface area is 204 Å². The van der Waals surface area contributed by atoms with Crippen LogP contribution in [0.1, 0.15) is 49.3 Å². The minimum Gasteiger partial charge on any atom is -0.330 e. The fourth-order valence-corrected chi connectivity index (χ4v) is 3.72. The van der Waals surface area contributed by atoms with E-state index in [4.69, 9.17) is 28.3 Å². The Hall–Kier alpha value is -2.83. The van der Waals surface area contributed by atoms with E-state index in [1.807, 2.05) is 44.2 Å². The summed E-state index contributed by atoms with van der Waals surface area (Å²) in [4.78, 5) is 27.3. The van der Waals surface area contributed by atoms with Crippen LogP contribution >= 0.6 is 23.2 Å². The smallest absolute Gasteiger partial charge is 0.255 e. The van der Waals surface area contributed by atoms with Gasteiger partial charge in [0.05, 0.1) is 22.0 Å². The zero-order valence-corrected chi connectivity index (χ0v) is 21.0. The number of benzene rings is 2. The van der Waals surface area contributed by atoms with Gasteiger partial charge >= 0.3 is 0 Å². The lowest BCUT2D eigenvalue weighted by Crippen LogP contribution is -2.38. The largest absolute Gasteiger partial charge is 0.330 e. The van der Waals surface area contributed by atoms with Crippen molar-refractivity contribution < 1.29 is 9.59 Å². The van der Waals surface area contributed by atoms with Crippen LogP contribution in [0, 0.1) is 6.92 Å². The predicted octanol–water partition coefficient (Wildman–Crippen LogP) is 5.89. The second kappa shape index (κ2) is 9.98.